The topological polar surface area (TPSA) is 105 Å². The van der Waals surface area contributed by atoms with E-state index in [2.05, 4.69) is 4.98 Å². The Balaban J connectivity index is 0.000000202. The molecule has 0 saturated carbocycles. The van der Waals surface area contributed by atoms with Crippen molar-refractivity contribution in [1.29, 1.82) is 0 Å². The summed E-state index contributed by atoms with van der Waals surface area (Å²) < 4.78 is 40.7. The van der Waals surface area contributed by atoms with Crippen LogP contribution in [0.1, 0.15) is 0 Å². The quantitative estimate of drug-likeness (QED) is 0.617. The van der Waals surface area contributed by atoms with Crippen LogP contribution in [-0.4, -0.2) is 12.8 Å². The molecule has 70 valence electrons. The maximum atomic E-state index is 8.86. The Kier molecular flexibility index (Phi) is 3.39. The molecule has 6 nitrogen and oxygen atoms in total. The Labute approximate surface area is 68.8 Å². The van der Waals surface area contributed by atoms with E-state index in [0.717, 1.165) is 0 Å². The van der Waals surface area contributed by atoms with Gasteiger partial charge in [-0.15, -0.1) is 0 Å². The Bertz CT molecular complexity index is 353. The zero-order valence-electron chi connectivity index (χ0n) is 5.81. The predicted molar refractivity (Wildman–Crippen MR) is 30.7 cm³/mol. The van der Waals surface area contributed by atoms with Crippen molar-refractivity contribution in [3.05, 3.63) is 30.6 Å². The van der Waals surface area contributed by atoms with Gasteiger partial charge in [-0.25, -0.2) is 0 Å². The second-order valence-electron chi connectivity index (χ2n) is 1.66. The molecule has 0 atom stereocenters. The fraction of sp³-hybridized carbons (Fsp3) is 0. The molecule has 0 aliphatic heterocycles. The first-order valence-corrected chi connectivity index (χ1v) is 6.28. The molecule has 12 heavy (non-hydrogen) atoms. The van der Waals surface area contributed by atoms with Crippen LogP contribution >= 0.6 is 0 Å². The number of hydrogen-bond donors (Lipinski definition) is 2. The van der Waals surface area contributed by atoms with Gasteiger partial charge in [-0.1, -0.05) is 6.07 Å². The molecule has 1 aromatic rings. The predicted octanol–water partition coefficient (Wildman–Crippen LogP) is -0.391. The van der Waals surface area contributed by atoms with Crippen LogP contribution < -0.4 is 0 Å². The maximum Gasteiger partial charge on any atom is 0.0267 e. The van der Waals surface area contributed by atoms with Crippen LogP contribution in [0, 0.1) is 0 Å². The molecule has 0 fully saturated rings. The first-order valence-electron chi connectivity index (χ1n) is 2.60. The van der Waals surface area contributed by atoms with E-state index in [1.54, 1.807) is 12.4 Å². The molecule has 0 aliphatic carbocycles. The summed E-state index contributed by atoms with van der Waals surface area (Å²) in [7, 11) is 0. The van der Waals surface area contributed by atoms with E-state index in [1.165, 1.54) is 0 Å². The van der Waals surface area contributed by atoms with Gasteiger partial charge in [-0.3, -0.25) is 4.98 Å². The van der Waals surface area contributed by atoms with Crippen molar-refractivity contribution in [1.82, 2.24) is 4.98 Å². The van der Waals surface area contributed by atoms with Gasteiger partial charge >= 0.3 is 32.8 Å². The SMILES string of the molecule is [O]=[Ru](=[O])(=[O])([OH])[OH].c1ccncc1. The van der Waals surface area contributed by atoms with Crippen LogP contribution in [0.5, 0.6) is 0 Å². The summed E-state index contributed by atoms with van der Waals surface area (Å²) in [4.78, 5) is 3.78. The van der Waals surface area contributed by atoms with Crippen molar-refractivity contribution in [3.63, 3.8) is 0 Å². The Morgan fingerprint density at radius 2 is 1.25 bits per heavy atom. The summed E-state index contributed by atoms with van der Waals surface area (Å²) in [5, 5.41) is 0. The van der Waals surface area contributed by atoms with E-state index in [1.807, 2.05) is 18.2 Å². The minimum Gasteiger partial charge on any atom is -0.265 e. The van der Waals surface area contributed by atoms with Gasteiger partial charge < -0.3 is 0 Å². The standard InChI is InChI=1S/C5H5N.2H2O.3O.Ru/c1-2-4-6-5-3-1;;;;;;/h1-5H;2*1H2;;;;/q;;;;;;+2/p-2. The minimum atomic E-state index is -7.22. The van der Waals surface area contributed by atoms with Crippen LogP contribution in [0.4, 0.5) is 0 Å². The molecule has 1 heterocycles. The third kappa shape index (κ3) is 23.0. The van der Waals surface area contributed by atoms with Gasteiger partial charge in [0, 0.05) is 12.4 Å². The number of rotatable bonds is 0. The van der Waals surface area contributed by atoms with Crippen molar-refractivity contribution in [2.45, 2.75) is 0 Å². The normalized spacial score (nSPS) is 13.3. The molecule has 2 N–H and O–H groups in total. The van der Waals surface area contributed by atoms with Crippen molar-refractivity contribution in [2.75, 3.05) is 0 Å². The van der Waals surface area contributed by atoms with Crippen molar-refractivity contribution >= 4 is 0 Å². The monoisotopic (exact) mass is 263 g/mol. The van der Waals surface area contributed by atoms with Gasteiger partial charge in [-0.05, 0) is 12.1 Å². The van der Waals surface area contributed by atoms with Crippen LogP contribution in [-0.2, 0) is 24.9 Å². The van der Waals surface area contributed by atoms with E-state index < -0.39 is 14.2 Å². The van der Waals surface area contributed by atoms with Gasteiger partial charge in [-0.2, -0.15) is 0 Å². The van der Waals surface area contributed by atoms with Crippen LogP contribution in [0.3, 0.4) is 0 Å². The van der Waals surface area contributed by atoms with E-state index in [4.69, 9.17) is 18.6 Å². The molecule has 0 unspecified atom stereocenters. The van der Waals surface area contributed by atoms with Crippen molar-refractivity contribution < 1.29 is 32.8 Å². The zero-order valence-corrected chi connectivity index (χ0v) is 7.54. The molecule has 0 aliphatic rings. The van der Waals surface area contributed by atoms with E-state index in [0.29, 0.717) is 0 Å². The molecule has 0 spiro atoms. The summed E-state index contributed by atoms with van der Waals surface area (Å²) in [6.45, 7) is 0. The average Bonchev–Trinajstić information content (AvgIpc) is 1.86. The molecule has 0 aromatic carbocycles. The second-order valence-corrected chi connectivity index (χ2v) is 4.78. The van der Waals surface area contributed by atoms with Gasteiger partial charge in [0.05, 0.1) is 0 Å². The first kappa shape index (κ1) is 11.1. The average molecular weight is 262 g/mol. The maximum absolute atomic E-state index is 8.86. The summed E-state index contributed by atoms with van der Waals surface area (Å²) in [6, 6.07) is 5.72. The number of hydrogen-bond acceptors (Lipinski definition) is 4. The Morgan fingerprint density at radius 3 is 1.33 bits per heavy atom. The number of aromatic nitrogens is 1. The van der Waals surface area contributed by atoms with Crippen LogP contribution in [0.2, 0.25) is 0 Å². The third-order valence-electron chi connectivity index (χ3n) is 0.566. The van der Waals surface area contributed by atoms with Crippen LogP contribution in [0.25, 0.3) is 0 Å². The first-order chi connectivity index (χ1) is 5.24. The molecule has 1 rings (SSSR count). The molecular formula is C5H7NO5Ru. The Hall–Kier alpha value is -0.907. The number of pyridine rings is 1. The molecule has 0 amide bonds. The smallest absolute Gasteiger partial charge is 0.0267 e. The molecule has 0 radical (unpaired) electrons. The molecule has 0 saturated heterocycles. The molecule has 0 bridgehead atoms. The largest absolute Gasteiger partial charge is 0.265 e. The molecule has 1 aromatic heterocycles. The van der Waals surface area contributed by atoms with Gasteiger partial charge in [0.15, 0.2) is 0 Å². The van der Waals surface area contributed by atoms with E-state index in [9.17, 15) is 0 Å². The van der Waals surface area contributed by atoms with Crippen molar-refractivity contribution in [3.8, 4) is 0 Å². The summed E-state index contributed by atoms with van der Waals surface area (Å²) in [5.41, 5.74) is 0. The summed E-state index contributed by atoms with van der Waals surface area (Å²) in [5.74, 6) is 0. The van der Waals surface area contributed by atoms with Gasteiger partial charge in [0.2, 0.25) is 0 Å². The summed E-state index contributed by atoms with van der Waals surface area (Å²) in [6.07, 6.45) is 3.50. The van der Waals surface area contributed by atoms with E-state index >= 15 is 0 Å². The Morgan fingerprint density at radius 1 is 0.917 bits per heavy atom. The van der Waals surface area contributed by atoms with Gasteiger partial charge in [0.25, 0.3) is 0 Å². The van der Waals surface area contributed by atoms with Gasteiger partial charge in [0.1, 0.15) is 0 Å². The van der Waals surface area contributed by atoms with Crippen molar-refractivity contribution in [2.24, 2.45) is 0 Å². The molecule has 7 heteroatoms. The number of nitrogens with zero attached hydrogens (tertiary/aromatic N) is 1. The van der Waals surface area contributed by atoms with E-state index in [-0.39, 0.29) is 0 Å². The fourth-order valence-electron chi connectivity index (χ4n) is 0.313. The third-order valence-corrected chi connectivity index (χ3v) is 0.566. The second kappa shape index (κ2) is 3.66. The summed E-state index contributed by atoms with van der Waals surface area (Å²) >= 11 is -7.22. The molecular weight excluding hydrogens is 255 g/mol. The fourth-order valence-corrected chi connectivity index (χ4v) is 0.313. The zero-order chi connectivity index (χ0) is 9.69. The minimum absolute atomic E-state index is 1.75. The van der Waals surface area contributed by atoms with Crippen LogP contribution in [0.15, 0.2) is 30.6 Å².